The summed E-state index contributed by atoms with van der Waals surface area (Å²) in [5.41, 5.74) is -1.20. The molecule has 0 radical (unpaired) electrons. The summed E-state index contributed by atoms with van der Waals surface area (Å²) >= 11 is 0. The molecule has 1 aromatic carbocycles. The Bertz CT molecular complexity index is 1170. The maximum atomic E-state index is 14.9. The molecule has 1 N–H and O–H groups in total. The van der Waals surface area contributed by atoms with Gasteiger partial charge in [-0.05, 0) is 92.1 Å². The number of para-hydroxylation sites is 1. The summed E-state index contributed by atoms with van der Waals surface area (Å²) in [7, 11) is 0. The first kappa shape index (κ1) is 34.0. The summed E-state index contributed by atoms with van der Waals surface area (Å²) in [6, 6.07) is 4.49. The van der Waals surface area contributed by atoms with Gasteiger partial charge in [0.2, 0.25) is 5.91 Å². The normalized spacial score (nSPS) is 26.2. The average molecular weight is 621 g/mol. The largest absolute Gasteiger partial charge is 0.490 e. The molecule has 1 aromatic rings. The van der Waals surface area contributed by atoms with Gasteiger partial charge in [0.1, 0.15) is 17.8 Å². The van der Waals surface area contributed by atoms with Gasteiger partial charge in [0.25, 0.3) is 0 Å². The lowest BCUT2D eigenvalue weighted by molar-refractivity contribution is -0.155. The van der Waals surface area contributed by atoms with Gasteiger partial charge in [0.15, 0.2) is 11.6 Å². The number of amides is 2. The second-order valence-corrected chi connectivity index (χ2v) is 14.1. The summed E-state index contributed by atoms with van der Waals surface area (Å²) in [6.45, 7) is 11.9. The highest BCUT2D eigenvalue weighted by Crippen LogP contribution is 2.40. The Labute approximate surface area is 260 Å². The van der Waals surface area contributed by atoms with Crippen LogP contribution in [0.15, 0.2) is 18.2 Å². The Kier molecular flexibility index (Phi) is 10.8. The van der Waals surface area contributed by atoms with Crippen molar-refractivity contribution >= 4 is 18.0 Å². The van der Waals surface area contributed by atoms with Crippen LogP contribution >= 0.6 is 0 Å². The van der Waals surface area contributed by atoms with Gasteiger partial charge >= 0.3 is 12.1 Å². The van der Waals surface area contributed by atoms with Crippen LogP contribution in [0.5, 0.6) is 5.75 Å². The number of esters is 1. The number of benzene rings is 1. The summed E-state index contributed by atoms with van der Waals surface area (Å²) in [5.74, 6) is -0.783. The van der Waals surface area contributed by atoms with Crippen molar-refractivity contribution in [1.82, 2.24) is 10.2 Å². The van der Waals surface area contributed by atoms with Gasteiger partial charge in [-0.25, -0.2) is 9.18 Å². The molecular formula is C33H49FN2O8. The fourth-order valence-electron chi connectivity index (χ4n) is 6.36. The summed E-state index contributed by atoms with van der Waals surface area (Å²) in [5, 5.41) is 3.12. The smallest absolute Gasteiger partial charge is 0.410 e. The van der Waals surface area contributed by atoms with Crippen LogP contribution in [0.1, 0.15) is 98.0 Å². The van der Waals surface area contributed by atoms with Crippen molar-refractivity contribution in [3.8, 4) is 5.75 Å². The standard InChI is InChI=1S/C33H49FN2O8/c1-31(2,3)43-28(38)15-18-41-29-24(9-7-10-25(29)34)22-11-13-23(14-12-22)42-19-26-33(21-40-20-27(37)35-33)16-8-17-36(26)30(39)44-32(4,5)6/h7,9-10,22-23,26H,8,11-21H2,1-6H3,(H,35,37)/t22?,23?,26-,33+/m0/s1. The van der Waals surface area contributed by atoms with Gasteiger partial charge in [-0.2, -0.15) is 0 Å². The average Bonchev–Trinajstić information content (AvgIpc) is 2.91. The van der Waals surface area contributed by atoms with E-state index in [0.717, 1.165) is 31.2 Å². The van der Waals surface area contributed by atoms with Crippen molar-refractivity contribution in [2.24, 2.45) is 0 Å². The number of hydrogen-bond acceptors (Lipinski definition) is 8. The highest BCUT2D eigenvalue weighted by Gasteiger charge is 2.50. The highest BCUT2D eigenvalue weighted by atomic mass is 19.1. The van der Waals surface area contributed by atoms with Crippen LogP contribution in [-0.2, 0) is 28.5 Å². The van der Waals surface area contributed by atoms with Gasteiger partial charge < -0.3 is 33.9 Å². The number of likely N-dealkylation sites (tertiary alicyclic amines) is 1. The maximum absolute atomic E-state index is 14.9. The number of morpholine rings is 1. The lowest BCUT2D eigenvalue weighted by Gasteiger charge is -2.51. The second kappa shape index (κ2) is 14.0. The number of carbonyl (C=O) groups excluding carboxylic acids is 3. The van der Waals surface area contributed by atoms with Crippen molar-refractivity contribution in [1.29, 1.82) is 0 Å². The maximum Gasteiger partial charge on any atom is 0.410 e. The number of halogens is 1. The lowest BCUT2D eigenvalue weighted by atomic mass is 9.80. The van der Waals surface area contributed by atoms with Crippen LogP contribution in [0, 0.1) is 5.82 Å². The number of nitrogens with one attached hydrogen (secondary N) is 1. The first-order valence-electron chi connectivity index (χ1n) is 15.8. The molecule has 2 atom stereocenters. The summed E-state index contributed by atoms with van der Waals surface area (Å²) < 4.78 is 43.8. The Hall–Kier alpha value is -2.92. The minimum absolute atomic E-state index is 0.00142. The number of piperidine rings is 1. The van der Waals surface area contributed by atoms with Crippen LogP contribution < -0.4 is 10.1 Å². The summed E-state index contributed by atoms with van der Waals surface area (Å²) in [6.07, 6.45) is 3.94. The number of carbonyl (C=O) groups is 3. The van der Waals surface area contributed by atoms with Crippen LogP contribution in [0.25, 0.3) is 0 Å². The third-order valence-corrected chi connectivity index (χ3v) is 8.22. The van der Waals surface area contributed by atoms with Crippen LogP contribution in [-0.4, -0.2) is 84.7 Å². The van der Waals surface area contributed by atoms with Gasteiger partial charge in [0.05, 0.1) is 43.9 Å². The van der Waals surface area contributed by atoms with E-state index < -0.39 is 40.7 Å². The van der Waals surface area contributed by atoms with E-state index in [9.17, 15) is 18.8 Å². The molecule has 0 bridgehead atoms. The monoisotopic (exact) mass is 620 g/mol. The molecule has 246 valence electrons. The molecule has 0 aromatic heterocycles. The molecule has 1 saturated carbocycles. The second-order valence-electron chi connectivity index (χ2n) is 14.1. The Morgan fingerprint density at radius 2 is 1.77 bits per heavy atom. The van der Waals surface area contributed by atoms with E-state index in [1.54, 1.807) is 31.7 Å². The first-order chi connectivity index (χ1) is 20.7. The van der Waals surface area contributed by atoms with E-state index in [2.05, 4.69) is 5.32 Å². The quantitative estimate of drug-likeness (QED) is 0.392. The van der Waals surface area contributed by atoms with Gasteiger partial charge in [-0.1, -0.05) is 12.1 Å². The predicted octanol–water partition coefficient (Wildman–Crippen LogP) is 5.26. The topological polar surface area (TPSA) is 113 Å². The first-order valence-corrected chi connectivity index (χ1v) is 15.8. The minimum atomic E-state index is -0.741. The predicted molar refractivity (Wildman–Crippen MR) is 161 cm³/mol. The van der Waals surface area contributed by atoms with E-state index in [4.69, 9.17) is 23.7 Å². The zero-order chi connectivity index (χ0) is 32.1. The molecule has 2 heterocycles. The molecule has 4 rings (SSSR count). The van der Waals surface area contributed by atoms with E-state index in [0.29, 0.717) is 26.0 Å². The van der Waals surface area contributed by atoms with Crippen molar-refractivity contribution in [3.05, 3.63) is 29.6 Å². The molecule has 11 heteroatoms. The molecule has 1 aliphatic carbocycles. The molecule has 10 nitrogen and oxygen atoms in total. The van der Waals surface area contributed by atoms with Gasteiger partial charge in [0, 0.05) is 12.1 Å². The van der Waals surface area contributed by atoms with Crippen molar-refractivity contribution in [3.63, 3.8) is 0 Å². The van der Waals surface area contributed by atoms with Crippen molar-refractivity contribution in [2.75, 3.05) is 33.0 Å². The molecule has 3 fully saturated rings. The molecule has 0 unspecified atom stereocenters. The van der Waals surface area contributed by atoms with Gasteiger partial charge in [-0.3, -0.25) is 9.59 Å². The molecule has 44 heavy (non-hydrogen) atoms. The molecular weight excluding hydrogens is 571 g/mol. The zero-order valence-corrected chi connectivity index (χ0v) is 27.0. The van der Waals surface area contributed by atoms with E-state index >= 15 is 0 Å². The summed E-state index contributed by atoms with van der Waals surface area (Å²) in [4.78, 5) is 39.4. The fraction of sp³-hybridized carbons (Fsp3) is 0.727. The molecule has 1 spiro atoms. The Morgan fingerprint density at radius 3 is 2.43 bits per heavy atom. The lowest BCUT2D eigenvalue weighted by Crippen LogP contribution is -2.72. The number of rotatable bonds is 8. The highest BCUT2D eigenvalue weighted by molar-refractivity contribution is 5.79. The van der Waals surface area contributed by atoms with E-state index in [1.807, 2.05) is 26.8 Å². The molecule has 2 aliphatic heterocycles. The Balaban J connectivity index is 1.38. The molecule has 3 aliphatic rings. The SMILES string of the molecule is CC(C)(C)OC(=O)CCOc1c(F)cccc1C1CCC(OC[C@@H]2N(C(=O)OC(C)(C)C)CCC[C@@]23COCC(=O)N3)CC1. The molecule has 2 saturated heterocycles. The van der Waals surface area contributed by atoms with E-state index in [1.165, 1.54) is 6.07 Å². The van der Waals surface area contributed by atoms with Crippen LogP contribution in [0.2, 0.25) is 0 Å². The Morgan fingerprint density at radius 1 is 1.07 bits per heavy atom. The number of ether oxygens (including phenoxy) is 5. The van der Waals surface area contributed by atoms with Crippen molar-refractivity contribution in [2.45, 2.75) is 121 Å². The fourth-order valence-corrected chi connectivity index (χ4v) is 6.36. The zero-order valence-electron chi connectivity index (χ0n) is 27.0. The van der Waals surface area contributed by atoms with Gasteiger partial charge in [-0.15, -0.1) is 0 Å². The van der Waals surface area contributed by atoms with Crippen LogP contribution in [0.4, 0.5) is 9.18 Å². The third-order valence-electron chi connectivity index (χ3n) is 8.22. The van der Waals surface area contributed by atoms with Crippen LogP contribution in [0.3, 0.4) is 0 Å². The molecule has 2 amide bonds. The number of hydrogen-bond donors (Lipinski definition) is 1. The third kappa shape index (κ3) is 9.06. The van der Waals surface area contributed by atoms with E-state index in [-0.39, 0.29) is 49.9 Å². The van der Waals surface area contributed by atoms with Crippen molar-refractivity contribution < 1.29 is 42.5 Å². The minimum Gasteiger partial charge on any atom is -0.490 e. The number of nitrogens with zero attached hydrogens (tertiary/aromatic N) is 1.